The Labute approximate surface area is 114 Å². The topological polar surface area (TPSA) is 38.7 Å². The highest BCUT2D eigenvalue weighted by atomic mass is 16.5. The second-order valence-corrected chi connectivity index (χ2v) is 5.94. The molecule has 0 radical (unpaired) electrons. The zero-order valence-electron chi connectivity index (χ0n) is 11.5. The smallest absolute Gasteiger partial charge is 0.122 e. The Morgan fingerprint density at radius 3 is 3.00 bits per heavy atom. The number of benzene rings is 1. The highest BCUT2D eigenvalue weighted by Crippen LogP contribution is 2.41. The molecule has 0 saturated carbocycles. The number of rotatable bonds is 2. The van der Waals surface area contributed by atoms with Gasteiger partial charge < -0.3 is 14.6 Å². The fourth-order valence-electron chi connectivity index (χ4n) is 3.42. The summed E-state index contributed by atoms with van der Waals surface area (Å²) in [4.78, 5) is 0. The van der Waals surface area contributed by atoms with Crippen LogP contribution in [0.25, 0.3) is 0 Å². The van der Waals surface area contributed by atoms with E-state index in [2.05, 4.69) is 12.1 Å². The third-order valence-electron chi connectivity index (χ3n) is 4.35. The van der Waals surface area contributed by atoms with Crippen LogP contribution in [0.5, 0.6) is 5.75 Å². The Bertz CT molecular complexity index is 445. The maximum absolute atomic E-state index is 10.8. The average molecular weight is 262 g/mol. The van der Waals surface area contributed by atoms with Crippen molar-refractivity contribution in [2.45, 2.75) is 50.2 Å². The first kappa shape index (κ1) is 12.9. The molecule has 0 aromatic heterocycles. The van der Waals surface area contributed by atoms with Crippen molar-refractivity contribution >= 4 is 0 Å². The maximum Gasteiger partial charge on any atom is 0.122 e. The molecule has 2 heterocycles. The van der Waals surface area contributed by atoms with E-state index in [4.69, 9.17) is 9.47 Å². The zero-order chi connectivity index (χ0) is 13.3. The van der Waals surface area contributed by atoms with Crippen molar-refractivity contribution in [2.75, 3.05) is 13.2 Å². The lowest BCUT2D eigenvalue weighted by molar-refractivity contribution is -0.104. The quantitative estimate of drug-likeness (QED) is 0.890. The van der Waals surface area contributed by atoms with Gasteiger partial charge in [-0.25, -0.2) is 0 Å². The number of fused-ring (bicyclic) bond motifs is 1. The Hall–Kier alpha value is -1.06. The second-order valence-electron chi connectivity index (χ2n) is 5.94. The lowest BCUT2D eigenvalue weighted by atomic mass is 9.78. The number of aliphatic hydroxyl groups is 1. The van der Waals surface area contributed by atoms with E-state index >= 15 is 0 Å². The molecule has 1 saturated heterocycles. The van der Waals surface area contributed by atoms with Gasteiger partial charge in [-0.05, 0) is 43.7 Å². The molecule has 0 spiro atoms. The third kappa shape index (κ3) is 2.77. The highest BCUT2D eigenvalue weighted by Gasteiger charge is 2.37. The molecule has 1 aromatic carbocycles. The molecule has 0 bridgehead atoms. The van der Waals surface area contributed by atoms with E-state index in [9.17, 15) is 5.11 Å². The first-order valence-electron chi connectivity index (χ1n) is 7.22. The largest absolute Gasteiger partial charge is 0.493 e. The molecule has 19 heavy (non-hydrogen) atoms. The number of para-hydroxylation sites is 1. The van der Waals surface area contributed by atoms with Crippen LogP contribution in [0.15, 0.2) is 24.3 Å². The molecule has 3 unspecified atom stereocenters. The summed E-state index contributed by atoms with van der Waals surface area (Å²) in [6.07, 6.45) is 3.47. The van der Waals surface area contributed by atoms with E-state index in [-0.39, 0.29) is 6.10 Å². The Morgan fingerprint density at radius 1 is 1.32 bits per heavy atom. The minimum atomic E-state index is -0.577. The van der Waals surface area contributed by atoms with Gasteiger partial charge in [-0.3, -0.25) is 0 Å². The Kier molecular flexibility index (Phi) is 3.50. The van der Waals surface area contributed by atoms with Gasteiger partial charge in [0.15, 0.2) is 0 Å². The fourth-order valence-corrected chi connectivity index (χ4v) is 3.42. The number of ether oxygens (including phenoxy) is 2. The molecule has 0 aliphatic carbocycles. The Balaban J connectivity index is 1.77. The van der Waals surface area contributed by atoms with Crippen LogP contribution in [0, 0.1) is 0 Å². The van der Waals surface area contributed by atoms with E-state index in [1.165, 1.54) is 5.56 Å². The summed E-state index contributed by atoms with van der Waals surface area (Å²) in [5, 5.41) is 10.8. The summed E-state index contributed by atoms with van der Waals surface area (Å²) < 4.78 is 11.2. The lowest BCUT2D eigenvalue weighted by Gasteiger charge is -2.39. The van der Waals surface area contributed by atoms with E-state index in [0.29, 0.717) is 12.5 Å². The second kappa shape index (κ2) is 5.14. The molecule has 104 valence electrons. The van der Waals surface area contributed by atoms with E-state index in [1.54, 1.807) is 0 Å². The molecule has 1 aromatic rings. The maximum atomic E-state index is 10.8. The average Bonchev–Trinajstić information content (AvgIpc) is 2.38. The van der Waals surface area contributed by atoms with Crippen LogP contribution in [0.4, 0.5) is 0 Å². The highest BCUT2D eigenvalue weighted by molar-refractivity contribution is 5.38. The van der Waals surface area contributed by atoms with Crippen molar-refractivity contribution in [3.8, 4) is 5.75 Å². The summed E-state index contributed by atoms with van der Waals surface area (Å²) in [6, 6.07) is 8.22. The first-order chi connectivity index (χ1) is 9.16. The predicted octanol–water partition coefficient (Wildman–Crippen LogP) is 2.87. The molecule has 3 rings (SSSR count). The first-order valence-corrected chi connectivity index (χ1v) is 7.22. The molecule has 1 fully saturated rings. The summed E-state index contributed by atoms with van der Waals surface area (Å²) in [5.41, 5.74) is 0.675. The van der Waals surface area contributed by atoms with Crippen LogP contribution in [0.2, 0.25) is 0 Å². The van der Waals surface area contributed by atoms with Crippen molar-refractivity contribution < 1.29 is 14.6 Å². The van der Waals surface area contributed by atoms with Crippen molar-refractivity contribution in [1.82, 2.24) is 0 Å². The monoisotopic (exact) mass is 262 g/mol. The van der Waals surface area contributed by atoms with Gasteiger partial charge in [0.25, 0.3) is 0 Å². The van der Waals surface area contributed by atoms with Gasteiger partial charge in [0.05, 0.1) is 18.3 Å². The van der Waals surface area contributed by atoms with E-state index < -0.39 is 5.60 Å². The molecule has 2 aliphatic heterocycles. The molecule has 3 atom stereocenters. The minimum Gasteiger partial charge on any atom is -0.493 e. The van der Waals surface area contributed by atoms with Crippen LogP contribution in [0.3, 0.4) is 0 Å². The van der Waals surface area contributed by atoms with Gasteiger partial charge in [-0.15, -0.1) is 0 Å². The van der Waals surface area contributed by atoms with E-state index in [0.717, 1.165) is 38.0 Å². The van der Waals surface area contributed by atoms with Crippen molar-refractivity contribution in [3.05, 3.63) is 29.8 Å². The predicted molar refractivity (Wildman–Crippen MR) is 73.5 cm³/mol. The van der Waals surface area contributed by atoms with Crippen LogP contribution in [-0.4, -0.2) is 30.0 Å². The molecule has 1 N–H and O–H groups in total. The minimum absolute atomic E-state index is 0.161. The molecular weight excluding hydrogens is 240 g/mol. The van der Waals surface area contributed by atoms with Crippen LogP contribution in [0.1, 0.15) is 44.1 Å². The van der Waals surface area contributed by atoms with Crippen LogP contribution < -0.4 is 4.74 Å². The molecule has 3 nitrogen and oxygen atoms in total. The third-order valence-corrected chi connectivity index (χ3v) is 4.35. The number of hydrogen-bond acceptors (Lipinski definition) is 3. The van der Waals surface area contributed by atoms with Crippen LogP contribution >= 0.6 is 0 Å². The van der Waals surface area contributed by atoms with Crippen molar-refractivity contribution in [1.29, 1.82) is 0 Å². The van der Waals surface area contributed by atoms with Crippen LogP contribution in [-0.2, 0) is 4.74 Å². The van der Waals surface area contributed by atoms with E-state index in [1.807, 2.05) is 19.1 Å². The molecule has 0 amide bonds. The summed E-state index contributed by atoms with van der Waals surface area (Å²) in [7, 11) is 0. The van der Waals surface area contributed by atoms with Gasteiger partial charge in [0, 0.05) is 13.0 Å². The van der Waals surface area contributed by atoms with Crippen molar-refractivity contribution in [2.24, 2.45) is 0 Å². The van der Waals surface area contributed by atoms with Gasteiger partial charge in [0.1, 0.15) is 5.75 Å². The zero-order valence-corrected chi connectivity index (χ0v) is 11.5. The summed E-state index contributed by atoms with van der Waals surface area (Å²) >= 11 is 0. The van der Waals surface area contributed by atoms with Gasteiger partial charge in [-0.1, -0.05) is 18.2 Å². The Morgan fingerprint density at radius 2 is 2.16 bits per heavy atom. The van der Waals surface area contributed by atoms with Gasteiger partial charge in [0.2, 0.25) is 0 Å². The standard InChI is InChI=1S/C16H22O3/c1-12-10-16(17,7-9-18-12)11-13-6-8-19-15-5-3-2-4-14(13)15/h2-5,12-13,17H,6-11H2,1H3. The summed E-state index contributed by atoms with van der Waals surface area (Å²) in [5.74, 6) is 1.39. The van der Waals surface area contributed by atoms with Gasteiger partial charge >= 0.3 is 0 Å². The normalized spacial score (nSPS) is 34.4. The van der Waals surface area contributed by atoms with Gasteiger partial charge in [-0.2, -0.15) is 0 Å². The SMILES string of the molecule is CC1CC(O)(CC2CCOc3ccccc32)CCO1. The molecule has 3 heteroatoms. The number of hydrogen-bond donors (Lipinski definition) is 1. The molecule has 2 aliphatic rings. The van der Waals surface area contributed by atoms with Crippen molar-refractivity contribution in [3.63, 3.8) is 0 Å². The lowest BCUT2D eigenvalue weighted by Crippen LogP contribution is -2.41. The summed E-state index contributed by atoms with van der Waals surface area (Å²) in [6.45, 7) is 3.47. The molecular formula is C16H22O3. The fraction of sp³-hybridized carbons (Fsp3) is 0.625.